The van der Waals surface area contributed by atoms with Gasteiger partial charge in [-0.1, -0.05) is 6.07 Å². The largest absolute Gasteiger partial charge is 0.454 e. The quantitative estimate of drug-likeness (QED) is 0.741. The minimum Gasteiger partial charge on any atom is -0.454 e. The van der Waals surface area contributed by atoms with Gasteiger partial charge in [0.2, 0.25) is 6.79 Å². The minimum absolute atomic E-state index is 0.0191. The molecule has 0 aromatic heterocycles. The van der Waals surface area contributed by atoms with Crippen LogP contribution in [0.15, 0.2) is 18.2 Å². The van der Waals surface area contributed by atoms with E-state index in [0.29, 0.717) is 6.42 Å². The van der Waals surface area contributed by atoms with E-state index in [1.807, 2.05) is 18.2 Å². The van der Waals surface area contributed by atoms with E-state index in [-0.39, 0.29) is 12.6 Å². The first kappa shape index (κ1) is 10.3. The number of carbonyl (C=O) groups excluding carboxylic acids is 1. The molecule has 0 amide bonds. The van der Waals surface area contributed by atoms with Gasteiger partial charge in [0, 0.05) is 0 Å². The van der Waals surface area contributed by atoms with E-state index >= 15 is 0 Å². The summed E-state index contributed by atoms with van der Waals surface area (Å²) in [5.74, 6) is 1.45. The molecule has 1 atom stereocenters. The molecule has 1 aliphatic rings. The number of rotatable bonds is 3. The summed E-state index contributed by atoms with van der Waals surface area (Å²) in [7, 11) is 0. The van der Waals surface area contributed by atoms with E-state index in [9.17, 15) is 4.79 Å². The highest BCUT2D eigenvalue weighted by molar-refractivity contribution is 6.30. The van der Waals surface area contributed by atoms with Crippen molar-refractivity contribution in [1.29, 1.82) is 0 Å². The Kier molecular flexibility index (Phi) is 2.82. The van der Waals surface area contributed by atoms with Crippen molar-refractivity contribution in [2.45, 2.75) is 18.7 Å². The number of halogens is 1. The smallest absolute Gasteiger partial charge is 0.231 e. The second kappa shape index (κ2) is 4.11. The topological polar surface area (TPSA) is 35.5 Å². The van der Waals surface area contributed by atoms with Crippen LogP contribution in [0.2, 0.25) is 0 Å². The molecule has 1 unspecified atom stereocenters. The van der Waals surface area contributed by atoms with E-state index < -0.39 is 5.38 Å². The number of hydrogen-bond acceptors (Lipinski definition) is 3. The fourth-order valence-corrected chi connectivity index (χ4v) is 1.60. The Hall–Kier alpha value is -1.22. The van der Waals surface area contributed by atoms with Crippen molar-refractivity contribution < 1.29 is 14.3 Å². The third-order valence-electron chi connectivity index (χ3n) is 2.29. The maximum atomic E-state index is 11.0. The molecule has 2 rings (SSSR count). The maximum absolute atomic E-state index is 11.0. The predicted molar refractivity (Wildman–Crippen MR) is 56.6 cm³/mol. The summed E-state index contributed by atoms with van der Waals surface area (Å²) in [4.78, 5) is 11.0. The van der Waals surface area contributed by atoms with Crippen LogP contribution in [0.3, 0.4) is 0 Å². The lowest BCUT2D eigenvalue weighted by atomic mass is 10.1. The molecular weight excluding hydrogens is 216 g/mol. The number of ketones is 1. The number of ether oxygens (including phenoxy) is 2. The average Bonchev–Trinajstić information content (AvgIpc) is 2.64. The van der Waals surface area contributed by atoms with Gasteiger partial charge in [0.25, 0.3) is 0 Å². The third kappa shape index (κ3) is 2.23. The van der Waals surface area contributed by atoms with Crippen LogP contribution < -0.4 is 9.47 Å². The zero-order valence-corrected chi connectivity index (χ0v) is 9.08. The SMILES string of the molecule is CC(=O)C(Cl)Cc1ccc2c(c1)OCO2. The zero-order chi connectivity index (χ0) is 10.8. The molecule has 1 aromatic carbocycles. The normalized spacial score (nSPS) is 15.1. The molecular formula is C11H11ClO3. The molecule has 0 saturated carbocycles. The van der Waals surface area contributed by atoms with Gasteiger partial charge in [0.15, 0.2) is 11.5 Å². The second-order valence-electron chi connectivity index (χ2n) is 3.47. The Morgan fingerprint density at radius 2 is 2.20 bits per heavy atom. The van der Waals surface area contributed by atoms with Crippen molar-refractivity contribution in [2.24, 2.45) is 0 Å². The van der Waals surface area contributed by atoms with Crippen molar-refractivity contribution >= 4 is 17.4 Å². The molecule has 1 aliphatic heterocycles. The van der Waals surface area contributed by atoms with Gasteiger partial charge >= 0.3 is 0 Å². The molecule has 1 heterocycles. The highest BCUT2D eigenvalue weighted by atomic mass is 35.5. The van der Waals surface area contributed by atoms with Gasteiger partial charge in [-0.25, -0.2) is 0 Å². The Morgan fingerprint density at radius 3 is 2.93 bits per heavy atom. The molecule has 0 fully saturated rings. The molecule has 80 valence electrons. The zero-order valence-electron chi connectivity index (χ0n) is 8.33. The summed E-state index contributed by atoms with van der Waals surface area (Å²) >= 11 is 5.88. The predicted octanol–water partition coefficient (Wildman–Crippen LogP) is 2.15. The van der Waals surface area contributed by atoms with Gasteiger partial charge in [-0.3, -0.25) is 4.79 Å². The number of hydrogen-bond donors (Lipinski definition) is 0. The summed E-state index contributed by atoms with van der Waals surface area (Å²) < 4.78 is 10.4. The molecule has 1 aromatic rings. The first-order chi connectivity index (χ1) is 7.16. The van der Waals surface area contributed by atoms with Crippen molar-refractivity contribution in [3.63, 3.8) is 0 Å². The summed E-state index contributed by atoms with van der Waals surface area (Å²) in [6, 6.07) is 5.59. The van der Waals surface area contributed by atoms with E-state index in [0.717, 1.165) is 17.1 Å². The highest BCUT2D eigenvalue weighted by Gasteiger charge is 2.16. The van der Waals surface area contributed by atoms with Crippen LogP contribution in [0.5, 0.6) is 11.5 Å². The van der Waals surface area contributed by atoms with E-state index in [1.54, 1.807) is 0 Å². The lowest BCUT2D eigenvalue weighted by Gasteiger charge is -2.06. The van der Waals surface area contributed by atoms with Gasteiger partial charge in [0.1, 0.15) is 5.78 Å². The number of carbonyl (C=O) groups is 1. The monoisotopic (exact) mass is 226 g/mol. The fraction of sp³-hybridized carbons (Fsp3) is 0.364. The summed E-state index contributed by atoms with van der Waals surface area (Å²) in [6.07, 6.45) is 0.521. The third-order valence-corrected chi connectivity index (χ3v) is 2.75. The first-order valence-electron chi connectivity index (χ1n) is 4.70. The summed E-state index contributed by atoms with van der Waals surface area (Å²) in [5.41, 5.74) is 0.981. The highest BCUT2D eigenvalue weighted by Crippen LogP contribution is 2.32. The standard InChI is InChI=1S/C11H11ClO3/c1-7(13)9(12)4-8-2-3-10-11(5-8)15-6-14-10/h2-3,5,9H,4,6H2,1H3. The lowest BCUT2D eigenvalue weighted by Crippen LogP contribution is -2.13. The minimum atomic E-state index is -0.467. The van der Waals surface area contributed by atoms with Gasteiger partial charge in [-0.15, -0.1) is 11.6 Å². The molecule has 0 radical (unpaired) electrons. The van der Waals surface area contributed by atoms with E-state index in [2.05, 4.69) is 0 Å². The first-order valence-corrected chi connectivity index (χ1v) is 5.13. The molecule has 0 spiro atoms. The molecule has 15 heavy (non-hydrogen) atoms. The second-order valence-corrected chi connectivity index (χ2v) is 4.00. The van der Waals surface area contributed by atoms with Crippen molar-refractivity contribution in [3.05, 3.63) is 23.8 Å². The van der Waals surface area contributed by atoms with Crippen LogP contribution in [0.4, 0.5) is 0 Å². The van der Waals surface area contributed by atoms with Crippen LogP contribution >= 0.6 is 11.6 Å². The fourth-order valence-electron chi connectivity index (χ4n) is 1.42. The number of benzene rings is 1. The van der Waals surface area contributed by atoms with Crippen LogP contribution in [-0.4, -0.2) is 18.0 Å². The molecule has 0 bridgehead atoms. The van der Waals surface area contributed by atoms with Crippen molar-refractivity contribution in [1.82, 2.24) is 0 Å². The summed E-state index contributed by atoms with van der Waals surface area (Å²) in [5, 5.41) is -0.467. The van der Waals surface area contributed by atoms with Crippen molar-refractivity contribution in [3.8, 4) is 11.5 Å². The van der Waals surface area contributed by atoms with E-state index in [1.165, 1.54) is 6.92 Å². The van der Waals surface area contributed by atoms with Crippen LogP contribution in [0.1, 0.15) is 12.5 Å². The van der Waals surface area contributed by atoms with Crippen molar-refractivity contribution in [2.75, 3.05) is 6.79 Å². The van der Waals surface area contributed by atoms with E-state index in [4.69, 9.17) is 21.1 Å². The number of fused-ring (bicyclic) bond motifs is 1. The maximum Gasteiger partial charge on any atom is 0.231 e. The average molecular weight is 227 g/mol. The Balaban J connectivity index is 2.13. The Morgan fingerprint density at radius 1 is 1.47 bits per heavy atom. The molecule has 4 heteroatoms. The van der Waals surface area contributed by atoms with Gasteiger partial charge in [-0.05, 0) is 31.0 Å². The lowest BCUT2D eigenvalue weighted by molar-refractivity contribution is -0.116. The van der Waals surface area contributed by atoms with Gasteiger partial charge < -0.3 is 9.47 Å². The summed E-state index contributed by atoms with van der Waals surface area (Å²) in [6.45, 7) is 1.75. The van der Waals surface area contributed by atoms with Gasteiger partial charge in [-0.2, -0.15) is 0 Å². The van der Waals surface area contributed by atoms with Crippen LogP contribution in [0.25, 0.3) is 0 Å². The molecule has 0 N–H and O–H groups in total. The Labute approximate surface area is 92.9 Å². The molecule has 0 saturated heterocycles. The number of alkyl halides is 1. The van der Waals surface area contributed by atoms with Crippen LogP contribution in [-0.2, 0) is 11.2 Å². The van der Waals surface area contributed by atoms with Gasteiger partial charge in [0.05, 0.1) is 5.38 Å². The molecule has 0 aliphatic carbocycles. The Bertz CT molecular complexity index is 389. The number of Topliss-reactive ketones (excluding diaryl/α,β-unsaturated/α-hetero) is 1. The van der Waals surface area contributed by atoms with Crippen LogP contribution in [0, 0.1) is 0 Å². The molecule has 3 nitrogen and oxygen atoms in total.